The summed E-state index contributed by atoms with van der Waals surface area (Å²) in [6.45, 7) is 2.93. The number of fused-ring (bicyclic) bond motifs is 3. The first-order chi connectivity index (χ1) is 16.9. The van der Waals surface area contributed by atoms with Crippen molar-refractivity contribution in [2.24, 2.45) is 5.92 Å². The summed E-state index contributed by atoms with van der Waals surface area (Å²) in [5.74, 6) is -0.858. The van der Waals surface area contributed by atoms with Crippen LogP contribution in [-0.2, 0) is 19.1 Å². The maximum Gasteiger partial charge on any atom is 0.407 e. The zero-order chi connectivity index (χ0) is 25.2. The molecule has 0 aliphatic heterocycles. The fourth-order valence-corrected chi connectivity index (χ4v) is 4.34. The van der Waals surface area contributed by atoms with Crippen molar-refractivity contribution in [1.29, 1.82) is 0 Å². The van der Waals surface area contributed by atoms with E-state index in [1.54, 1.807) is 0 Å². The average Bonchev–Trinajstić information content (AvgIpc) is 3.17. The number of methoxy groups -OCH3 is 1. The van der Waals surface area contributed by atoms with E-state index in [0.29, 0.717) is 19.4 Å². The Kier molecular flexibility index (Phi) is 9.66. The Hall–Kier alpha value is -3.39. The molecule has 2 aromatic rings. The summed E-state index contributed by atoms with van der Waals surface area (Å²) < 4.78 is 10.6. The summed E-state index contributed by atoms with van der Waals surface area (Å²) in [6.07, 6.45) is 0.562. The van der Waals surface area contributed by atoms with Crippen LogP contribution in [0.2, 0.25) is 0 Å². The molecule has 0 fully saturated rings. The van der Waals surface area contributed by atoms with Crippen LogP contribution in [0.3, 0.4) is 0 Å². The third-order valence-corrected chi connectivity index (χ3v) is 6.38. The van der Waals surface area contributed by atoms with Gasteiger partial charge in [-0.15, -0.1) is 0 Å². The van der Waals surface area contributed by atoms with E-state index in [9.17, 15) is 14.4 Å². The molecule has 2 unspecified atom stereocenters. The Bertz CT molecular complexity index is 979. The predicted molar refractivity (Wildman–Crippen MR) is 132 cm³/mol. The predicted octanol–water partition coefficient (Wildman–Crippen LogP) is 3.94. The standard InChI is InChI=1S/C27H34N2O6/c1-18(11-12-25(30)29-16-19(34-2)15-26(31)32)13-14-28-27(33)35-17-24-22-9-5-3-7-20(22)21-8-4-6-10-23(21)24/h3-10,18-19,24H,11-17H2,1-2H3,(H,28,33)(H,29,30)(H,31,32). The molecule has 0 spiro atoms. The number of carboxylic acids is 1. The summed E-state index contributed by atoms with van der Waals surface area (Å²) >= 11 is 0. The number of alkyl carbamates (subject to hydrolysis) is 1. The van der Waals surface area contributed by atoms with Crippen LogP contribution in [0.15, 0.2) is 48.5 Å². The number of hydrogen-bond acceptors (Lipinski definition) is 5. The third kappa shape index (κ3) is 7.55. The van der Waals surface area contributed by atoms with E-state index in [4.69, 9.17) is 14.6 Å². The second-order valence-electron chi connectivity index (χ2n) is 8.94. The van der Waals surface area contributed by atoms with Crippen LogP contribution >= 0.6 is 0 Å². The van der Waals surface area contributed by atoms with Crippen molar-refractivity contribution in [3.05, 3.63) is 59.7 Å². The second-order valence-corrected chi connectivity index (χ2v) is 8.94. The summed E-state index contributed by atoms with van der Waals surface area (Å²) in [7, 11) is 1.42. The molecule has 8 nitrogen and oxygen atoms in total. The van der Waals surface area contributed by atoms with Gasteiger partial charge in [0.2, 0.25) is 5.91 Å². The van der Waals surface area contributed by atoms with Gasteiger partial charge < -0.3 is 25.2 Å². The van der Waals surface area contributed by atoms with Gasteiger partial charge in [0.25, 0.3) is 0 Å². The molecule has 0 aromatic heterocycles. The number of carboxylic acid groups (broad SMARTS) is 1. The molecule has 188 valence electrons. The third-order valence-electron chi connectivity index (χ3n) is 6.38. The lowest BCUT2D eigenvalue weighted by atomic mass is 9.98. The average molecular weight is 483 g/mol. The van der Waals surface area contributed by atoms with E-state index in [0.717, 1.165) is 6.42 Å². The van der Waals surface area contributed by atoms with Crippen LogP contribution in [0.5, 0.6) is 0 Å². The highest BCUT2D eigenvalue weighted by Crippen LogP contribution is 2.44. The second kappa shape index (κ2) is 12.9. The maximum absolute atomic E-state index is 12.3. The number of ether oxygens (including phenoxy) is 2. The molecular formula is C27H34N2O6. The lowest BCUT2D eigenvalue weighted by molar-refractivity contribution is -0.140. The number of aliphatic carboxylic acids is 1. The fourth-order valence-electron chi connectivity index (χ4n) is 4.34. The monoisotopic (exact) mass is 482 g/mol. The van der Waals surface area contributed by atoms with E-state index in [-0.39, 0.29) is 37.3 Å². The molecule has 2 atom stereocenters. The Morgan fingerprint density at radius 2 is 1.60 bits per heavy atom. The molecular weight excluding hydrogens is 448 g/mol. The van der Waals surface area contributed by atoms with Gasteiger partial charge in [0.1, 0.15) is 6.61 Å². The minimum Gasteiger partial charge on any atom is -0.481 e. The highest BCUT2D eigenvalue weighted by Gasteiger charge is 2.29. The summed E-state index contributed by atoms with van der Waals surface area (Å²) in [5.41, 5.74) is 4.73. The van der Waals surface area contributed by atoms with Crippen LogP contribution in [0.1, 0.15) is 49.7 Å². The Balaban J connectivity index is 1.34. The van der Waals surface area contributed by atoms with Crippen molar-refractivity contribution in [2.45, 2.75) is 44.6 Å². The number of benzene rings is 2. The molecule has 3 rings (SSSR count). The van der Waals surface area contributed by atoms with Crippen molar-refractivity contribution < 1.29 is 29.0 Å². The molecule has 1 aliphatic carbocycles. The zero-order valence-corrected chi connectivity index (χ0v) is 20.3. The molecule has 2 amide bonds. The van der Waals surface area contributed by atoms with Crippen molar-refractivity contribution in [3.63, 3.8) is 0 Å². The van der Waals surface area contributed by atoms with Gasteiger partial charge in [-0.1, -0.05) is 55.5 Å². The highest BCUT2D eigenvalue weighted by atomic mass is 16.5. The molecule has 8 heteroatoms. The van der Waals surface area contributed by atoms with Crippen molar-refractivity contribution in [3.8, 4) is 11.1 Å². The van der Waals surface area contributed by atoms with Crippen LogP contribution in [0.4, 0.5) is 4.79 Å². The van der Waals surface area contributed by atoms with Gasteiger partial charge in [0.05, 0.1) is 12.5 Å². The van der Waals surface area contributed by atoms with E-state index in [1.165, 1.54) is 29.4 Å². The van der Waals surface area contributed by atoms with Crippen molar-refractivity contribution in [2.75, 3.05) is 26.8 Å². The minimum atomic E-state index is -0.969. The Labute approximate surface area is 206 Å². The molecule has 0 saturated carbocycles. The molecule has 3 N–H and O–H groups in total. The quantitative estimate of drug-likeness (QED) is 0.399. The van der Waals surface area contributed by atoms with Gasteiger partial charge in [-0.25, -0.2) is 4.79 Å². The molecule has 1 aliphatic rings. The number of nitrogens with one attached hydrogen (secondary N) is 2. The van der Waals surface area contributed by atoms with Gasteiger partial charge in [-0.2, -0.15) is 0 Å². The minimum absolute atomic E-state index is 0.0267. The van der Waals surface area contributed by atoms with Crippen LogP contribution < -0.4 is 10.6 Å². The van der Waals surface area contributed by atoms with Gasteiger partial charge in [-0.3, -0.25) is 9.59 Å². The van der Waals surface area contributed by atoms with Crippen molar-refractivity contribution in [1.82, 2.24) is 10.6 Å². The number of hydrogen-bond donors (Lipinski definition) is 3. The van der Waals surface area contributed by atoms with Gasteiger partial charge >= 0.3 is 12.1 Å². The molecule has 35 heavy (non-hydrogen) atoms. The smallest absolute Gasteiger partial charge is 0.407 e. The number of amides is 2. The Morgan fingerprint density at radius 1 is 0.971 bits per heavy atom. The molecule has 0 heterocycles. The first-order valence-electron chi connectivity index (χ1n) is 12.0. The fraction of sp³-hybridized carbons (Fsp3) is 0.444. The molecule has 2 aromatic carbocycles. The number of carbonyl (C=O) groups excluding carboxylic acids is 2. The summed E-state index contributed by atoms with van der Waals surface area (Å²) in [5, 5.41) is 14.3. The Morgan fingerprint density at radius 3 is 2.20 bits per heavy atom. The molecule has 0 radical (unpaired) electrons. The SMILES string of the molecule is COC(CNC(=O)CCC(C)CCNC(=O)OCC1c2ccccc2-c2ccccc21)CC(=O)O. The van der Waals surface area contributed by atoms with Crippen molar-refractivity contribution >= 4 is 18.0 Å². The van der Waals surface area contributed by atoms with Gasteiger partial charge in [0.15, 0.2) is 0 Å². The summed E-state index contributed by atoms with van der Waals surface area (Å²) in [6, 6.07) is 16.4. The van der Waals surface area contributed by atoms with E-state index in [2.05, 4.69) is 34.9 Å². The largest absolute Gasteiger partial charge is 0.481 e. The van der Waals surface area contributed by atoms with Gasteiger partial charge in [-0.05, 0) is 41.0 Å². The number of carbonyl (C=O) groups is 3. The molecule has 0 saturated heterocycles. The van der Waals surface area contributed by atoms with Crippen LogP contribution in [0.25, 0.3) is 11.1 Å². The van der Waals surface area contributed by atoms with E-state index < -0.39 is 18.2 Å². The highest BCUT2D eigenvalue weighted by molar-refractivity contribution is 5.79. The lowest BCUT2D eigenvalue weighted by Crippen LogP contribution is -2.34. The normalized spacial score (nSPS) is 13.9. The van der Waals surface area contributed by atoms with Gasteiger partial charge in [0, 0.05) is 32.5 Å². The maximum atomic E-state index is 12.3. The topological polar surface area (TPSA) is 114 Å². The molecule has 0 bridgehead atoms. The van der Waals surface area contributed by atoms with Crippen LogP contribution in [-0.4, -0.2) is 56.0 Å². The van der Waals surface area contributed by atoms with E-state index in [1.807, 2.05) is 31.2 Å². The number of rotatable bonds is 13. The summed E-state index contributed by atoms with van der Waals surface area (Å²) in [4.78, 5) is 35.0. The first kappa shape index (κ1) is 26.2. The van der Waals surface area contributed by atoms with Crippen LogP contribution in [0, 0.1) is 5.92 Å². The first-order valence-corrected chi connectivity index (χ1v) is 12.0. The van der Waals surface area contributed by atoms with E-state index >= 15 is 0 Å². The lowest BCUT2D eigenvalue weighted by Gasteiger charge is -2.16. The zero-order valence-electron chi connectivity index (χ0n) is 20.3.